The van der Waals surface area contributed by atoms with Crippen LogP contribution in [0.25, 0.3) is 0 Å². The summed E-state index contributed by atoms with van der Waals surface area (Å²) >= 11 is 1.64. The molecule has 0 saturated heterocycles. The summed E-state index contributed by atoms with van der Waals surface area (Å²) in [5, 5.41) is 8.21. The summed E-state index contributed by atoms with van der Waals surface area (Å²) < 4.78 is 20.7. The highest BCUT2D eigenvalue weighted by Crippen LogP contribution is 2.36. The van der Waals surface area contributed by atoms with Gasteiger partial charge in [-0.1, -0.05) is 19.3 Å². The molecule has 0 aliphatic carbocycles. The smallest absolute Gasteiger partial charge is 0.407 e. The highest BCUT2D eigenvalue weighted by atomic mass is 32.2. The van der Waals surface area contributed by atoms with Crippen molar-refractivity contribution in [1.29, 1.82) is 0 Å². The van der Waals surface area contributed by atoms with Crippen molar-refractivity contribution in [1.82, 2.24) is 16.0 Å². The number of hydrogen-bond acceptors (Lipinski definition) is 7. The van der Waals surface area contributed by atoms with Gasteiger partial charge >= 0.3 is 13.7 Å². The third-order valence-corrected chi connectivity index (χ3v) is 5.54. The van der Waals surface area contributed by atoms with E-state index in [1.54, 1.807) is 11.8 Å². The first kappa shape index (κ1) is 30.7. The van der Waals surface area contributed by atoms with Gasteiger partial charge < -0.3 is 30.1 Å². The van der Waals surface area contributed by atoms with Gasteiger partial charge in [0.15, 0.2) is 0 Å². The summed E-state index contributed by atoms with van der Waals surface area (Å²) in [6.07, 6.45) is 8.03. The van der Waals surface area contributed by atoms with Crippen LogP contribution in [0.2, 0.25) is 0 Å². The first-order valence-electron chi connectivity index (χ1n) is 11.1. The molecule has 32 heavy (non-hydrogen) atoms. The minimum Gasteiger partial charge on any atom is -0.448 e. The Labute approximate surface area is 195 Å². The molecule has 0 fully saturated rings. The zero-order valence-corrected chi connectivity index (χ0v) is 21.1. The maximum Gasteiger partial charge on any atom is 0.407 e. The lowest BCUT2D eigenvalue weighted by molar-refractivity contribution is -0.122. The fourth-order valence-corrected chi connectivity index (χ4v) is 3.43. The zero-order valence-electron chi connectivity index (χ0n) is 19.4. The zero-order chi connectivity index (χ0) is 24.1. The van der Waals surface area contributed by atoms with Crippen LogP contribution in [0.15, 0.2) is 0 Å². The van der Waals surface area contributed by atoms with Gasteiger partial charge in [0.25, 0.3) is 0 Å². The van der Waals surface area contributed by atoms with E-state index in [0.29, 0.717) is 32.4 Å². The number of amides is 3. The maximum absolute atomic E-state index is 11.7. The van der Waals surface area contributed by atoms with Gasteiger partial charge in [-0.3, -0.25) is 14.2 Å². The van der Waals surface area contributed by atoms with Gasteiger partial charge in [-0.25, -0.2) is 4.79 Å². The summed E-state index contributed by atoms with van der Waals surface area (Å²) in [4.78, 5) is 43.7. The van der Waals surface area contributed by atoms with Crippen molar-refractivity contribution in [3.8, 4) is 0 Å². The normalized spacial score (nSPS) is 12.6. The molecular formula is C20H40N3O7PS. The number of ether oxygens (including phenoxy) is 1. The molecule has 0 saturated carbocycles. The van der Waals surface area contributed by atoms with Crippen LogP contribution in [0.3, 0.4) is 0 Å². The number of alkyl carbamates (subject to hydrolysis) is 1. The predicted octanol–water partition coefficient (Wildman–Crippen LogP) is 2.65. The van der Waals surface area contributed by atoms with Crippen LogP contribution in [0.4, 0.5) is 4.79 Å². The van der Waals surface area contributed by atoms with E-state index in [0.717, 1.165) is 50.9 Å². The molecule has 0 spiro atoms. The molecule has 1 atom stereocenters. The highest BCUT2D eigenvalue weighted by molar-refractivity contribution is 7.98. The Morgan fingerprint density at radius 3 is 2.09 bits per heavy atom. The predicted molar refractivity (Wildman–Crippen MR) is 127 cm³/mol. The van der Waals surface area contributed by atoms with Crippen LogP contribution in [0.1, 0.15) is 57.8 Å². The number of carbonyl (C=O) groups excluding carboxylic acids is 3. The van der Waals surface area contributed by atoms with E-state index in [4.69, 9.17) is 14.2 Å². The Kier molecular flexibility index (Phi) is 19.5. The Morgan fingerprint density at radius 2 is 1.41 bits per heavy atom. The second-order valence-corrected chi connectivity index (χ2v) is 10.2. The number of hydrogen-bond donors (Lipinski definition) is 4. The van der Waals surface area contributed by atoms with Crippen LogP contribution in [-0.4, -0.2) is 74.3 Å². The van der Waals surface area contributed by atoms with E-state index >= 15 is 0 Å². The molecule has 0 aromatic heterocycles. The third kappa shape index (κ3) is 23.4. The number of carbonyl (C=O) groups is 3. The number of nitrogens with one attached hydrogen (secondary N) is 3. The molecule has 0 radical (unpaired) electrons. The average Bonchev–Trinajstić information content (AvgIpc) is 2.73. The van der Waals surface area contributed by atoms with Crippen LogP contribution in [0.5, 0.6) is 0 Å². The van der Waals surface area contributed by atoms with Gasteiger partial charge in [0, 0.05) is 38.3 Å². The fraction of sp³-hybridized carbons (Fsp3) is 0.850. The summed E-state index contributed by atoms with van der Waals surface area (Å²) in [6.45, 7) is 2.91. The van der Waals surface area contributed by atoms with Crippen LogP contribution < -0.4 is 16.0 Å². The molecule has 0 bridgehead atoms. The molecule has 12 heteroatoms. The Balaban J connectivity index is 3.42. The van der Waals surface area contributed by atoms with E-state index in [9.17, 15) is 18.9 Å². The molecule has 4 N–H and O–H groups in total. The molecule has 0 rings (SSSR count). The lowest BCUT2D eigenvalue weighted by Crippen LogP contribution is -2.31. The lowest BCUT2D eigenvalue weighted by atomic mass is 10.2. The van der Waals surface area contributed by atoms with Crippen molar-refractivity contribution in [3.05, 3.63) is 0 Å². The summed E-state index contributed by atoms with van der Waals surface area (Å²) in [6, 6.07) is 0. The van der Waals surface area contributed by atoms with Gasteiger partial charge in [-0.15, -0.1) is 0 Å². The van der Waals surface area contributed by atoms with Gasteiger partial charge in [-0.2, -0.15) is 11.8 Å². The van der Waals surface area contributed by atoms with Crippen molar-refractivity contribution in [3.63, 3.8) is 0 Å². The Hall–Kier alpha value is -1.29. The molecular weight excluding hydrogens is 457 g/mol. The van der Waals surface area contributed by atoms with E-state index in [1.807, 2.05) is 6.26 Å². The standard InChI is InChI=1S/C20H40N3O7PS/c1-31(27,28)30-15-9-4-3-7-13-23-20(26)29-16-14-22-18(24)10-6-5-8-12-21-19(25)11-17-32-2/h3-17H2,1-2H3,(H,21,25)(H,22,24)(H,23,26)(H,27,28). The van der Waals surface area contributed by atoms with Crippen LogP contribution in [0, 0.1) is 0 Å². The molecule has 188 valence electrons. The minimum atomic E-state index is -3.39. The molecule has 3 amide bonds. The van der Waals surface area contributed by atoms with Gasteiger partial charge in [-0.05, 0) is 31.9 Å². The summed E-state index contributed by atoms with van der Waals surface area (Å²) in [5.74, 6) is 0.814. The van der Waals surface area contributed by atoms with Crippen LogP contribution in [-0.2, 0) is 23.4 Å². The topological polar surface area (TPSA) is 143 Å². The van der Waals surface area contributed by atoms with Crippen molar-refractivity contribution in [2.45, 2.75) is 57.8 Å². The van der Waals surface area contributed by atoms with E-state index in [-0.39, 0.29) is 31.6 Å². The van der Waals surface area contributed by atoms with Gasteiger partial charge in [0.1, 0.15) is 6.61 Å². The number of unbranched alkanes of at least 4 members (excludes halogenated alkanes) is 5. The number of rotatable bonds is 20. The average molecular weight is 498 g/mol. The second kappa shape index (κ2) is 20.3. The second-order valence-electron chi connectivity index (χ2n) is 7.37. The molecule has 0 aliphatic heterocycles. The molecule has 10 nitrogen and oxygen atoms in total. The van der Waals surface area contributed by atoms with Crippen molar-refractivity contribution >= 4 is 37.3 Å². The number of thioether (sulfide) groups is 1. The molecule has 0 heterocycles. The molecule has 0 aliphatic rings. The van der Waals surface area contributed by atoms with Crippen LogP contribution >= 0.6 is 19.4 Å². The summed E-state index contributed by atoms with van der Waals surface area (Å²) in [5.41, 5.74) is 0. The monoisotopic (exact) mass is 497 g/mol. The first-order valence-corrected chi connectivity index (χ1v) is 14.5. The van der Waals surface area contributed by atoms with Crippen molar-refractivity contribution in [2.24, 2.45) is 0 Å². The third-order valence-electron chi connectivity index (χ3n) is 4.26. The Morgan fingerprint density at radius 1 is 0.812 bits per heavy atom. The Bertz CT molecular complexity index is 575. The van der Waals surface area contributed by atoms with Gasteiger partial charge in [0.2, 0.25) is 11.8 Å². The molecule has 1 unspecified atom stereocenters. The van der Waals surface area contributed by atoms with Gasteiger partial charge in [0.05, 0.1) is 13.2 Å². The lowest BCUT2D eigenvalue weighted by Gasteiger charge is -2.09. The summed E-state index contributed by atoms with van der Waals surface area (Å²) in [7, 11) is -3.39. The first-order chi connectivity index (χ1) is 15.2. The SMILES string of the molecule is CSCCC(=O)NCCCCCC(=O)NCCOC(=O)NCCCCCCOP(C)(=O)O. The highest BCUT2D eigenvalue weighted by Gasteiger charge is 2.08. The minimum absolute atomic E-state index is 0.0699. The molecule has 0 aromatic carbocycles. The largest absolute Gasteiger partial charge is 0.448 e. The molecule has 0 aromatic rings. The maximum atomic E-state index is 11.7. The van der Waals surface area contributed by atoms with Crippen molar-refractivity contribution < 1.29 is 33.1 Å². The van der Waals surface area contributed by atoms with Crippen molar-refractivity contribution in [2.75, 3.05) is 51.5 Å². The fourth-order valence-electron chi connectivity index (χ4n) is 2.58. The van der Waals surface area contributed by atoms with E-state index in [1.165, 1.54) is 0 Å². The van der Waals surface area contributed by atoms with E-state index in [2.05, 4.69) is 16.0 Å². The van der Waals surface area contributed by atoms with E-state index < -0.39 is 13.7 Å². The quantitative estimate of drug-likeness (QED) is 0.148.